The molecule has 4 aromatic rings. The average Bonchev–Trinajstić information content (AvgIpc) is 3.44. The third kappa shape index (κ3) is 3.85. The van der Waals surface area contributed by atoms with Gasteiger partial charge in [0.1, 0.15) is 5.82 Å². The summed E-state index contributed by atoms with van der Waals surface area (Å²) in [6, 6.07) is 18.2. The molecule has 0 aliphatic carbocycles. The molecule has 1 aliphatic rings. The largest absolute Gasteiger partial charge is 0.378 e. The second kappa shape index (κ2) is 8.02. The highest BCUT2D eigenvalue weighted by Crippen LogP contribution is 2.25. The SMILES string of the molecule is C(=N\Nc1cc(N2CCOCC2)n2nc(-c3ccccc3)cc2n1)/c1cccs1. The van der Waals surface area contributed by atoms with Crippen LogP contribution in [0, 0.1) is 0 Å². The highest BCUT2D eigenvalue weighted by atomic mass is 32.1. The number of rotatable bonds is 5. The molecule has 0 spiro atoms. The topological polar surface area (TPSA) is 67.0 Å². The van der Waals surface area contributed by atoms with Crippen LogP contribution in [0.4, 0.5) is 11.6 Å². The molecule has 4 heterocycles. The second-order valence-electron chi connectivity index (χ2n) is 6.65. The minimum absolute atomic E-state index is 0.686. The summed E-state index contributed by atoms with van der Waals surface area (Å²) in [4.78, 5) is 8.07. The zero-order chi connectivity index (χ0) is 19.5. The average molecular weight is 404 g/mol. The van der Waals surface area contributed by atoms with Crippen molar-refractivity contribution in [1.82, 2.24) is 14.6 Å². The van der Waals surface area contributed by atoms with Gasteiger partial charge in [0.15, 0.2) is 11.5 Å². The number of hydrogen-bond donors (Lipinski definition) is 1. The monoisotopic (exact) mass is 404 g/mol. The molecule has 146 valence electrons. The summed E-state index contributed by atoms with van der Waals surface area (Å²) < 4.78 is 7.42. The zero-order valence-corrected chi connectivity index (χ0v) is 16.5. The number of nitrogens with zero attached hydrogens (tertiary/aromatic N) is 5. The van der Waals surface area contributed by atoms with Crippen LogP contribution in [0.25, 0.3) is 16.9 Å². The van der Waals surface area contributed by atoms with Crippen molar-refractivity contribution in [2.45, 2.75) is 0 Å². The fourth-order valence-corrected chi connectivity index (χ4v) is 3.90. The molecule has 7 nitrogen and oxygen atoms in total. The molecule has 8 heteroatoms. The Kier molecular flexibility index (Phi) is 4.93. The van der Waals surface area contributed by atoms with Crippen LogP contribution in [-0.4, -0.2) is 47.1 Å². The van der Waals surface area contributed by atoms with E-state index in [0.717, 1.165) is 40.7 Å². The van der Waals surface area contributed by atoms with Crippen molar-refractivity contribution in [2.24, 2.45) is 5.10 Å². The molecule has 1 N–H and O–H groups in total. The zero-order valence-electron chi connectivity index (χ0n) is 15.7. The van der Waals surface area contributed by atoms with Crippen molar-refractivity contribution in [3.8, 4) is 11.3 Å². The number of fused-ring (bicyclic) bond motifs is 1. The van der Waals surface area contributed by atoms with Crippen molar-refractivity contribution in [2.75, 3.05) is 36.6 Å². The molecule has 0 atom stereocenters. The summed E-state index contributed by atoms with van der Waals surface area (Å²) in [6.45, 7) is 3.04. The van der Waals surface area contributed by atoms with Gasteiger partial charge in [-0.05, 0) is 11.4 Å². The second-order valence-corrected chi connectivity index (χ2v) is 7.63. The summed E-state index contributed by atoms with van der Waals surface area (Å²) in [6.07, 6.45) is 1.80. The molecule has 3 aromatic heterocycles. The molecule has 0 saturated carbocycles. The first kappa shape index (κ1) is 17.8. The predicted molar refractivity (Wildman–Crippen MR) is 117 cm³/mol. The van der Waals surface area contributed by atoms with Gasteiger partial charge in [-0.3, -0.25) is 5.43 Å². The molecule has 5 rings (SSSR count). The fraction of sp³-hybridized carbons (Fsp3) is 0.190. The maximum absolute atomic E-state index is 5.52. The Balaban J connectivity index is 1.53. The first-order valence-corrected chi connectivity index (χ1v) is 10.4. The molecular formula is C21H20N6OS. The van der Waals surface area contributed by atoms with Crippen molar-refractivity contribution in [3.63, 3.8) is 0 Å². The van der Waals surface area contributed by atoms with Crippen LogP contribution in [0.5, 0.6) is 0 Å². The van der Waals surface area contributed by atoms with Gasteiger partial charge in [-0.1, -0.05) is 36.4 Å². The van der Waals surface area contributed by atoms with E-state index < -0.39 is 0 Å². The lowest BCUT2D eigenvalue weighted by Crippen LogP contribution is -2.37. The van der Waals surface area contributed by atoms with Crippen LogP contribution in [0.15, 0.2) is 65.1 Å². The maximum atomic E-state index is 5.52. The summed E-state index contributed by atoms with van der Waals surface area (Å²) in [5.41, 5.74) is 5.81. The Labute approximate surface area is 172 Å². The summed E-state index contributed by atoms with van der Waals surface area (Å²) in [5.74, 6) is 1.67. The first-order chi connectivity index (χ1) is 14.4. The van der Waals surface area contributed by atoms with Crippen molar-refractivity contribution in [1.29, 1.82) is 0 Å². The van der Waals surface area contributed by atoms with Crippen LogP contribution in [0.2, 0.25) is 0 Å². The van der Waals surface area contributed by atoms with E-state index in [2.05, 4.69) is 27.6 Å². The Morgan fingerprint density at radius 1 is 1.07 bits per heavy atom. The van der Waals surface area contributed by atoms with Gasteiger partial charge in [-0.15, -0.1) is 11.3 Å². The van der Waals surface area contributed by atoms with Gasteiger partial charge in [0.05, 0.1) is 25.1 Å². The molecule has 0 radical (unpaired) electrons. The number of hydrogen-bond acceptors (Lipinski definition) is 7. The molecule has 1 fully saturated rings. The minimum Gasteiger partial charge on any atom is -0.378 e. The van der Waals surface area contributed by atoms with Gasteiger partial charge >= 0.3 is 0 Å². The molecule has 1 aliphatic heterocycles. The quantitative estimate of drug-likeness (QED) is 0.405. The molecule has 29 heavy (non-hydrogen) atoms. The molecule has 0 amide bonds. The van der Waals surface area contributed by atoms with Crippen LogP contribution >= 0.6 is 11.3 Å². The molecule has 0 unspecified atom stereocenters. The summed E-state index contributed by atoms with van der Waals surface area (Å²) >= 11 is 1.64. The number of ether oxygens (including phenoxy) is 1. The lowest BCUT2D eigenvalue weighted by Gasteiger charge is -2.29. The Hall–Kier alpha value is -3.23. The van der Waals surface area contributed by atoms with Gasteiger partial charge < -0.3 is 9.64 Å². The van der Waals surface area contributed by atoms with E-state index >= 15 is 0 Å². The van der Waals surface area contributed by atoms with E-state index in [-0.39, 0.29) is 0 Å². The smallest absolute Gasteiger partial charge is 0.160 e. The van der Waals surface area contributed by atoms with E-state index in [1.807, 2.05) is 52.4 Å². The lowest BCUT2D eigenvalue weighted by atomic mass is 10.2. The summed E-state index contributed by atoms with van der Waals surface area (Å²) in [7, 11) is 0. The van der Waals surface area contributed by atoms with Gasteiger partial charge in [0, 0.05) is 35.7 Å². The van der Waals surface area contributed by atoms with E-state index in [9.17, 15) is 0 Å². The highest BCUT2D eigenvalue weighted by molar-refractivity contribution is 7.11. The highest BCUT2D eigenvalue weighted by Gasteiger charge is 2.18. The third-order valence-corrected chi connectivity index (χ3v) is 5.53. The summed E-state index contributed by atoms with van der Waals surface area (Å²) in [5, 5.41) is 11.2. The van der Waals surface area contributed by atoms with Gasteiger partial charge in [0.2, 0.25) is 0 Å². The van der Waals surface area contributed by atoms with Gasteiger partial charge in [-0.25, -0.2) is 4.98 Å². The fourth-order valence-electron chi connectivity index (χ4n) is 3.31. The number of morpholine rings is 1. The lowest BCUT2D eigenvalue weighted by molar-refractivity contribution is 0.122. The van der Waals surface area contributed by atoms with Crippen molar-refractivity contribution in [3.05, 3.63) is 64.9 Å². The predicted octanol–water partition coefficient (Wildman–Crippen LogP) is 3.74. The third-order valence-electron chi connectivity index (χ3n) is 4.73. The van der Waals surface area contributed by atoms with Gasteiger partial charge in [-0.2, -0.15) is 14.7 Å². The number of thiophene rings is 1. The van der Waals surface area contributed by atoms with E-state index in [1.165, 1.54) is 0 Å². The number of nitrogens with one attached hydrogen (secondary N) is 1. The number of aromatic nitrogens is 3. The molecule has 1 saturated heterocycles. The number of benzene rings is 1. The van der Waals surface area contributed by atoms with Crippen LogP contribution in [-0.2, 0) is 4.74 Å². The van der Waals surface area contributed by atoms with E-state index in [4.69, 9.17) is 14.8 Å². The molecular weight excluding hydrogens is 384 g/mol. The minimum atomic E-state index is 0.686. The van der Waals surface area contributed by atoms with Gasteiger partial charge in [0.25, 0.3) is 0 Å². The number of hydrazone groups is 1. The molecule has 1 aromatic carbocycles. The Morgan fingerprint density at radius 2 is 1.93 bits per heavy atom. The number of anilines is 2. The Bertz CT molecular complexity index is 1120. The van der Waals surface area contributed by atoms with E-state index in [0.29, 0.717) is 19.0 Å². The Morgan fingerprint density at radius 3 is 2.72 bits per heavy atom. The van der Waals surface area contributed by atoms with Crippen LogP contribution in [0.3, 0.4) is 0 Å². The normalized spacial score (nSPS) is 14.7. The maximum Gasteiger partial charge on any atom is 0.160 e. The van der Waals surface area contributed by atoms with Crippen molar-refractivity contribution < 1.29 is 4.74 Å². The van der Waals surface area contributed by atoms with Crippen LogP contribution in [0.1, 0.15) is 4.88 Å². The standard InChI is InChI=1S/C21H20N6OS/c1-2-5-16(6-3-1)18-13-20-23-19(24-22-15-17-7-4-12-29-17)14-21(27(20)25-18)26-8-10-28-11-9-26/h1-7,12-15H,8-11H2,(H,23,24)/b22-15+. The first-order valence-electron chi connectivity index (χ1n) is 9.48. The van der Waals surface area contributed by atoms with Crippen molar-refractivity contribution >= 4 is 34.8 Å². The molecule has 0 bridgehead atoms. The van der Waals surface area contributed by atoms with E-state index in [1.54, 1.807) is 17.6 Å². The van der Waals surface area contributed by atoms with Crippen LogP contribution < -0.4 is 10.3 Å².